The van der Waals surface area contributed by atoms with Crippen LogP contribution in [0.1, 0.15) is 25.7 Å². The first-order valence-electron chi connectivity index (χ1n) is 5.93. The maximum atomic E-state index is 5.67. The number of rotatable bonds is 5. The Morgan fingerprint density at radius 2 is 1.87 bits per heavy atom. The van der Waals surface area contributed by atoms with Crippen LogP contribution in [0.5, 0.6) is 0 Å². The van der Waals surface area contributed by atoms with Gasteiger partial charge in [-0.3, -0.25) is 11.3 Å². The van der Waals surface area contributed by atoms with Gasteiger partial charge in [0.05, 0.1) is 12.1 Å². The fourth-order valence-electron chi connectivity index (χ4n) is 2.63. The Hall–Kier alpha value is -0.160. The second-order valence-corrected chi connectivity index (χ2v) is 4.68. The molecule has 1 heterocycles. The van der Waals surface area contributed by atoms with Crippen LogP contribution in [0.15, 0.2) is 0 Å². The zero-order valence-corrected chi connectivity index (χ0v) is 9.45. The maximum absolute atomic E-state index is 5.67. The number of hydrogen-bond acceptors (Lipinski definition) is 4. The number of nitrogens with two attached hydrogens (primary N) is 1. The van der Waals surface area contributed by atoms with Crippen molar-refractivity contribution in [3.8, 4) is 0 Å². The van der Waals surface area contributed by atoms with Crippen molar-refractivity contribution < 1.29 is 9.47 Å². The third-order valence-corrected chi connectivity index (χ3v) is 3.68. The van der Waals surface area contributed by atoms with Crippen LogP contribution in [-0.4, -0.2) is 32.5 Å². The van der Waals surface area contributed by atoms with Crippen molar-refractivity contribution in [1.82, 2.24) is 5.43 Å². The molecule has 1 aliphatic heterocycles. The van der Waals surface area contributed by atoms with E-state index in [1.54, 1.807) is 7.11 Å². The highest BCUT2D eigenvalue weighted by Gasteiger charge is 2.40. The van der Waals surface area contributed by atoms with Gasteiger partial charge in [0.2, 0.25) is 0 Å². The molecule has 3 N–H and O–H groups in total. The molecular weight excluding hydrogens is 192 g/mol. The average molecular weight is 214 g/mol. The zero-order chi connectivity index (χ0) is 10.7. The van der Waals surface area contributed by atoms with Crippen LogP contribution >= 0.6 is 0 Å². The summed E-state index contributed by atoms with van der Waals surface area (Å²) >= 11 is 0. The Labute approximate surface area is 91.5 Å². The number of ether oxygens (including phenoxy) is 2. The van der Waals surface area contributed by atoms with E-state index in [4.69, 9.17) is 15.3 Å². The molecule has 2 rings (SSSR count). The van der Waals surface area contributed by atoms with Gasteiger partial charge in [-0.05, 0) is 37.5 Å². The van der Waals surface area contributed by atoms with Crippen molar-refractivity contribution in [3.63, 3.8) is 0 Å². The molecule has 0 amide bonds. The van der Waals surface area contributed by atoms with Gasteiger partial charge in [-0.25, -0.2) is 0 Å². The smallest absolute Gasteiger partial charge is 0.0768 e. The molecule has 0 bridgehead atoms. The Bertz CT molecular complexity index is 191. The lowest BCUT2D eigenvalue weighted by molar-refractivity contribution is -0.00547. The minimum atomic E-state index is 0.290. The monoisotopic (exact) mass is 214 g/mol. The molecule has 2 atom stereocenters. The first kappa shape index (κ1) is 11.3. The Balaban J connectivity index is 1.93. The van der Waals surface area contributed by atoms with E-state index in [0.29, 0.717) is 12.0 Å². The van der Waals surface area contributed by atoms with Gasteiger partial charge in [0.15, 0.2) is 0 Å². The minimum absolute atomic E-state index is 0.290. The first-order valence-corrected chi connectivity index (χ1v) is 5.93. The molecule has 0 aromatic carbocycles. The molecule has 0 aromatic rings. The lowest BCUT2D eigenvalue weighted by Crippen LogP contribution is -2.51. The maximum Gasteiger partial charge on any atom is 0.0768 e. The molecule has 4 heteroatoms. The molecule has 1 aliphatic carbocycles. The lowest BCUT2D eigenvalue weighted by Gasteiger charge is -2.34. The second kappa shape index (κ2) is 5.25. The fraction of sp³-hybridized carbons (Fsp3) is 1.00. The predicted molar refractivity (Wildman–Crippen MR) is 58.2 cm³/mol. The average Bonchev–Trinajstić information content (AvgIpc) is 3.11. The SMILES string of the molecule is COC(C1CC1)C(NN)C1CCOCC1. The molecule has 0 spiro atoms. The second-order valence-electron chi connectivity index (χ2n) is 4.68. The quantitative estimate of drug-likeness (QED) is 0.522. The van der Waals surface area contributed by atoms with Crippen molar-refractivity contribution in [2.24, 2.45) is 17.7 Å². The van der Waals surface area contributed by atoms with Gasteiger partial charge < -0.3 is 9.47 Å². The molecule has 2 unspecified atom stereocenters. The number of hydrogen-bond donors (Lipinski definition) is 2. The molecule has 15 heavy (non-hydrogen) atoms. The van der Waals surface area contributed by atoms with Crippen LogP contribution in [0, 0.1) is 11.8 Å². The van der Waals surface area contributed by atoms with Gasteiger partial charge >= 0.3 is 0 Å². The van der Waals surface area contributed by atoms with E-state index in [-0.39, 0.29) is 6.10 Å². The molecule has 2 fully saturated rings. The van der Waals surface area contributed by atoms with E-state index in [0.717, 1.165) is 32.0 Å². The molecular formula is C11H22N2O2. The van der Waals surface area contributed by atoms with Gasteiger partial charge in [0.25, 0.3) is 0 Å². The topological polar surface area (TPSA) is 56.5 Å². The summed E-state index contributed by atoms with van der Waals surface area (Å²) in [5, 5.41) is 0. The van der Waals surface area contributed by atoms with Crippen LogP contribution in [0.25, 0.3) is 0 Å². The predicted octanol–water partition coefficient (Wildman–Crippen LogP) is 0.670. The van der Waals surface area contributed by atoms with Crippen LogP contribution in [0.3, 0.4) is 0 Å². The molecule has 1 saturated carbocycles. The van der Waals surface area contributed by atoms with Gasteiger partial charge in [0.1, 0.15) is 0 Å². The Morgan fingerprint density at radius 1 is 1.20 bits per heavy atom. The lowest BCUT2D eigenvalue weighted by atomic mass is 9.87. The summed E-state index contributed by atoms with van der Waals surface area (Å²) in [6.07, 6.45) is 5.07. The molecule has 0 radical (unpaired) electrons. The summed E-state index contributed by atoms with van der Waals surface area (Å²) in [4.78, 5) is 0. The van der Waals surface area contributed by atoms with E-state index in [1.807, 2.05) is 0 Å². The van der Waals surface area contributed by atoms with Gasteiger partial charge in [0, 0.05) is 20.3 Å². The van der Waals surface area contributed by atoms with Gasteiger partial charge in [-0.1, -0.05) is 0 Å². The molecule has 88 valence electrons. The normalized spacial score (nSPS) is 27.6. The summed E-state index contributed by atoms with van der Waals surface area (Å²) in [5.74, 6) is 7.00. The third-order valence-electron chi connectivity index (χ3n) is 3.68. The molecule has 2 aliphatic rings. The van der Waals surface area contributed by atoms with Crippen LogP contribution in [0.4, 0.5) is 0 Å². The van der Waals surface area contributed by atoms with Crippen molar-refractivity contribution in [1.29, 1.82) is 0 Å². The van der Waals surface area contributed by atoms with E-state index >= 15 is 0 Å². The highest BCUT2D eigenvalue weighted by atomic mass is 16.5. The van der Waals surface area contributed by atoms with Gasteiger partial charge in [-0.2, -0.15) is 0 Å². The first-order chi connectivity index (χ1) is 7.36. The molecule has 0 aromatic heterocycles. The third kappa shape index (κ3) is 2.69. The fourth-order valence-corrected chi connectivity index (χ4v) is 2.63. The highest BCUT2D eigenvalue weighted by molar-refractivity contribution is 4.93. The van der Waals surface area contributed by atoms with E-state index < -0.39 is 0 Å². The highest BCUT2D eigenvalue weighted by Crippen LogP contribution is 2.38. The summed E-state index contributed by atoms with van der Waals surface area (Å²) < 4.78 is 11.0. The van der Waals surface area contributed by atoms with Gasteiger partial charge in [-0.15, -0.1) is 0 Å². The summed E-state index contributed by atoms with van der Waals surface area (Å²) in [7, 11) is 1.80. The van der Waals surface area contributed by atoms with Crippen LogP contribution in [-0.2, 0) is 9.47 Å². The van der Waals surface area contributed by atoms with Crippen molar-refractivity contribution in [3.05, 3.63) is 0 Å². The largest absolute Gasteiger partial charge is 0.381 e. The summed E-state index contributed by atoms with van der Waals surface area (Å²) in [6, 6.07) is 0.298. The van der Waals surface area contributed by atoms with E-state index in [1.165, 1.54) is 12.8 Å². The van der Waals surface area contributed by atoms with Crippen molar-refractivity contribution >= 4 is 0 Å². The number of nitrogens with one attached hydrogen (secondary N) is 1. The Morgan fingerprint density at radius 3 is 2.33 bits per heavy atom. The van der Waals surface area contributed by atoms with E-state index in [9.17, 15) is 0 Å². The minimum Gasteiger partial charge on any atom is -0.381 e. The summed E-state index contributed by atoms with van der Waals surface area (Å²) in [6.45, 7) is 1.73. The standard InChI is InChI=1S/C11H22N2O2/c1-14-11(9-2-3-9)10(13-12)8-4-6-15-7-5-8/h8-11,13H,2-7,12H2,1H3. The number of methoxy groups -OCH3 is 1. The molecule has 1 saturated heterocycles. The van der Waals surface area contributed by atoms with Crippen molar-refractivity contribution in [2.75, 3.05) is 20.3 Å². The Kier molecular flexibility index (Phi) is 3.97. The zero-order valence-electron chi connectivity index (χ0n) is 9.45. The van der Waals surface area contributed by atoms with Crippen LogP contribution < -0.4 is 11.3 Å². The molecule has 4 nitrogen and oxygen atoms in total. The van der Waals surface area contributed by atoms with E-state index in [2.05, 4.69) is 5.43 Å². The van der Waals surface area contributed by atoms with Crippen LogP contribution in [0.2, 0.25) is 0 Å². The summed E-state index contributed by atoms with van der Waals surface area (Å²) in [5.41, 5.74) is 2.96. The number of hydrazine groups is 1. The van der Waals surface area contributed by atoms with Crippen molar-refractivity contribution in [2.45, 2.75) is 37.8 Å².